The normalized spacial score (nSPS) is 11.3. The highest BCUT2D eigenvalue weighted by Crippen LogP contribution is 2.29. The van der Waals surface area contributed by atoms with Crippen molar-refractivity contribution in [1.82, 2.24) is 0 Å². The summed E-state index contributed by atoms with van der Waals surface area (Å²) >= 11 is 6.02. The minimum absolute atomic E-state index is 0.0444. The molecule has 3 rings (SSSR count). The van der Waals surface area contributed by atoms with Gasteiger partial charge in [-0.05, 0) is 62.4 Å². The molecule has 0 saturated carbocycles. The molecule has 0 aliphatic heterocycles. The molecule has 0 amide bonds. The van der Waals surface area contributed by atoms with E-state index >= 15 is 0 Å². The number of nitrogens with zero attached hydrogens (tertiary/aromatic N) is 3. The molecule has 0 spiro atoms. The van der Waals surface area contributed by atoms with E-state index in [1.165, 1.54) is 12.1 Å². The van der Waals surface area contributed by atoms with Crippen LogP contribution in [-0.4, -0.2) is 10.8 Å². The summed E-state index contributed by atoms with van der Waals surface area (Å²) in [6, 6.07) is 21.7. The van der Waals surface area contributed by atoms with E-state index in [1.807, 2.05) is 55.1 Å². The Morgan fingerprint density at radius 3 is 1.96 bits per heavy atom. The van der Waals surface area contributed by atoms with Crippen molar-refractivity contribution in [1.29, 1.82) is 0 Å². The summed E-state index contributed by atoms with van der Waals surface area (Å²) < 4.78 is 0. The van der Waals surface area contributed by atoms with E-state index in [0.717, 1.165) is 28.5 Å². The van der Waals surface area contributed by atoms with Crippen molar-refractivity contribution in [3.8, 4) is 0 Å². The predicted octanol–water partition coefficient (Wildman–Crippen LogP) is 6.44. The van der Waals surface area contributed by atoms with Gasteiger partial charge >= 0.3 is 0 Å². The zero-order valence-corrected chi connectivity index (χ0v) is 15.7. The van der Waals surface area contributed by atoms with E-state index in [4.69, 9.17) is 16.6 Å². The molecule has 0 unspecified atom stereocenters. The van der Waals surface area contributed by atoms with Crippen molar-refractivity contribution < 1.29 is 4.92 Å². The number of nitro groups is 1. The second kappa shape index (κ2) is 8.01. The first kappa shape index (κ1) is 18.6. The van der Waals surface area contributed by atoms with Crippen molar-refractivity contribution in [2.24, 2.45) is 4.99 Å². The number of benzene rings is 3. The van der Waals surface area contributed by atoms with Crippen LogP contribution in [0.1, 0.15) is 12.5 Å². The minimum atomic E-state index is -0.413. The Hall–Kier alpha value is -3.18. The fourth-order valence-electron chi connectivity index (χ4n) is 2.69. The quantitative estimate of drug-likeness (QED) is 0.226. The third-order valence-electron chi connectivity index (χ3n) is 4.05. The van der Waals surface area contributed by atoms with Gasteiger partial charge in [-0.25, -0.2) is 4.99 Å². The maximum atomic E-state index is 10.9. The van der Waals surface area contributed by atoms with Crippen molar-refractivity contribution in [2.45, 2.75) is 13.8 Å². The maximum absolute atomic E-state index is 10.9. The molecule has 0 fully saturated rings. The number of aryl methyl sites for hydroxylation is 1. The summed E-state index contributed by atoms with van der Waals surface area (Å²) in [5.74, 6) is 0.732. The molecule has 3 aromatic rings. The first-order valence-corrected chi connectivity index (χ1v) is 8.74. The molecule has 136 valence electrons. The molecule has 0 atom stereocenters. The van der Waals surface area contributed by atoms with Crippen LogP contribution in [0.15, 0.2) is 77.8 Å². The van der Waals surface area contributed by atoms with Crippen LogP contribution in [0.5, 0.6) is 0 Å². The van der Waals surface area contributed by atoms with Crippen LogP contribution >= 0.6 is 11.6 Å². The van der Waals surface area contributed by atoms with Crippen molar-refractivity contribution in [2.75, 3.05) is 4.90 Å². The smallest absolute Gasteiger partial charge is 0.269 e. The van der Waals surface area contributed by atoms with E-state index in [2.05, 4.69) is 0 Å². The van der Waals surface area contributed by atoms with Gasteiger partial charge in [0.2, 0.25) is 0 Å². The van der Waals surface area contributed by atoms with Gasteiger partial charge < -0.3 is 0 Å². The lowest BCUT2D eigenvalue weighted by molar-refractivity contribution is -0.384. The zero-order valence-electron chi connectivity index (χ0n) is 15.0. The van der Waals surface area contributed by atoms with Gasteiger partial charge in [0.15, 0.2) is 0 Å². The molecule has 0 aliphatic carbocycles. The third kappa shape index (κ3) is 4.51. The van der Waals surface area contributed by atoms with E-state index in [1.54, 1.807) is 24.3 Å². The molecule has 0 saturated heterocycles. The highest BCUT2D eigenvalue weighted by atomic mass is 35.5. The Bertz CT molecular complexity index is 966. The van der Waals surface area contributed by atoms with Crippen molar-refractivity contribution in [3.63, 3.8) is 0 Å². The molecule has 27 heavy (non-hydrogen) atoms. The second-order valence-electron chi connectivity index (χ2n) is 6.08. The van der Waals surface area contributed by atoms with Crippen LogP contribution < -0.4 is 4.90 Å². The van der Waals surface area contributed by atoms with Gasteiger partial charge in [-0.2, -0.15) is 0 Å². The molecule has 0 N–H and O–H groups in total. The Kier molecular flexibility index (Phi) is 5.52. The lowest BCUT2D eigenvalue weighted by atomic mass is 10.2. The van der Waals surface area contributed by atoms with Crippen LogP contribution in [0.25, 0.3) is 0 Å². The van der Waals surface area contributed by atoms with Gasteiger partial charge in [-0.15, -0.1) is 0 Å². The maximum Gasteiger partial charge on any atom is 0.269 e. The summed E-state index contributed by atoms with van der Waals surface area (Å²) in [6.45, 7) is 3.92. The summed E-state index contributed by atoms with van der Waals surface area (Å²) in [5.41, 5.74) is 3.68. The fourth-order valence-corrected chi connectivity index (χ4v) is 2.82. The summed E-state index contributed by atoms with van der Waals surface area (Å²) in [4.78, 5) is 17.2. The van der Waals surface area contributed by atoms with Crippen LogP contribution in [0.3, 0.4) is 0 Å². The molecule has 6 heteroatoms. The molecular formula is C21H18ClN3O2. The lowest BCUT2D eigenvalue weighted by Gasteiger charge is -2.24. The molecule has 0 heterocycles. The molecule has 0 bridgehead atoms. The molecule has 5 nitrogen and oxygen atoms in total. The van der Waals surface area contributed by atoms with Gasteiger partial charge in [0.1, 0.15) is 5.84 Å². The third-order valence-corrected chi connectivity index (χ3v) is 4.30. The Labute approximate surface area is 162 Å². The molecule has 0 radical (unpaired) electrons. The highest BCUT2D eigenvalue weighted by molar-refractivity contribution is 6.30. The molecule has 0 aromatic heterocycles. The predicted molar refractivity (Wildman–Crippen MR) is 111 cm³/mol. The largest absolute Gasteiger partial charge is 0.299 e. The number of non-ortho nitro benzene ring substituents is 1. The SMILES string of the molecule is CC(=Nc1ccc(C)cc1)N(c1ccc(Cl)cc1)c1ccc([N+](=O)[O-])cc1. The van der Waals surface area contributed by atoms with E-state index < -0.39 is 4.92 Å². The lowest BCUT2D eigenvalue weighted by Crippen LogP contribution is -2.23. The second-order valence-corrected chi connectivity index (χ2v) is 6.52. The number of aliphatic imine (C=N–C) groups is 1. The summed E-state index contributed by atoms with van der Waals surface area (Å²) in [7, 11) is 0. The Morgan fingerprint density at radius 2 is 1.44 bits per heavy atom. The number of hydrogen-bond donors (Lipinski definition) is 0. The fraction of sp³-hybridized carbons (Fsp3) is 0.0952. The molecule has 3 aromatic carbocycles. The average molecular weight is 380 g/mol. The highest BCUT2D eigenvalue weighted by Gasteiger charge is 2.15. The Balaban J connectivity index is 2.04. The number of anilines is 2. The Morgan fingerprint density at radius 1 is 0.926 bits per heavy atom. The van der Waals surface area contributed by atoms with E-state index in [-0.39, 0.29) is 5.69 Å². The number of nitro benzene ring substituents is 1. The van der Waals surface area contributed by atoms with Gasteiger partial charge in [0, 0.05) is 28.5 Å². The van der Waals surface area contributed by atoms with Gasteiger partial charge in [0.05, 0.1) is 10.6 Å². The topological polar surface area (TPSA) is 58.7 Å². The molecule has 0 aliphatic rings. The van der Waals surface area contributed by atoms with Crippen molar-refractivity contribution >= 4 is 40.2 Å². The summed E-state index contributed by atoms with van der Waals surface area (Å²) in [6.07, 6.45) is 0. The monoisotopic (exact) mass is 379 g/mol. The van der Waals surface area contributed by atoms with Crippen LogP contribution in [-0.2, 0) is 0 Å². The zero-order chi connectivity index (χ0) is 19.4. The average Bonchev–Trinajstić information content (AvgIpc) is 2.66. The first-order chi connectivity index (χ1) is 12.9. The number of halogens is 1. The first-order valence-electron chi connectivity index (χ1n) is 8.36. The van der Waals surface area contributed by atoms with Gasteiger partial charge in [-0.3, -0.25) is 15.0 Å². The number of amidine groups is 1. The van der Waals surface area contributed by atoms with E-state index in [9.17, 15) is 10.1 Å². The standard InChI is InChI=1S/C21H18ClN3O2/c1-15-3-7-18(8-4-15)23-16(2)24(19-9-5-17(22)6-10-19)20-11-13-21(14-12-20)25(26)27/h3-14H,1-2H3. The molecular weight excluding hydrogens is 362 g/mol. The van der Waals surface area contributed by atoms with Gasteiger partial charge in [-0.1, -0.05) is 29.3 Å². The van der Waals surface area contributed by atoms with Gasteiger partial charge in [0.25, 0.3) is 5.69 Å². The van der Waals surface area contributed by atoms with E-state index in [0.29, 0.717) is 5.02 Å². The van der Waals surface area contributed by atoms with Crippen LogP contribution in [0.4, 0.5) is 22.7 Å². The number of hydrogen-bond acceptors (Lipinski definition) is 3. The minimum Gasteiger partial charge on any atom is -0.299 e. The van der Waals surface area contributed by atoms with Crippen LogP contribution in [0, 0.1) is 17.0 Å². The van der Waals surface area contributed by atoms with Crippen molar-refractivity contribution in [3.05, 3.63) is 93.5 Å². The number of rotatable bonds is 4. The summed E-state index contributed by atoms with van der Waals surface area (Å²) in [5, 5.41) is 11.6. The van der Waals surface area contributed by atoms with Crippen LogP contribution in [0.2, 0.25) is 5.02 Å².